The number of hydrogen-bond acceptors (Lipinski definition) is 2. The quantitative estimate of drug-likeness (QED) is 0.665. The lowest BCUT2D eigenvalue weighted by Gasteiger charge is -2.12. The molecule has 0 fully saturated rings. The van der Waals surface area contributed by atoms with Crippen LogP contribution in [-0.4, -0.2) is 26.0 Å². The van der Waals surface area contributed by atoms with Crippen LogP contribution in [0.1, 0.15) is 6.42 Å². The van der Waals surface area contributed by atoms with Crippen molar-refractivity contribution in [2.75, 3.05) is 21.1 Å². The Labute approximate surface area is 74.3 Å². The molecular weight excluding hydrogens is 148 g/mol. The average molecular weight is 164 g/mol. The van der Waals surface area contributed by atoms with E-state index in [0.29, 0.717) is 0 Å². The van der Waals surface area contributed by atoms with Gasteiger partial charge < -0.3 is 10.2 Å². The lowest BCUT2D eigenvalue weighted by atomic mass is 10.3. The van der Waals surface area contributed by atoms with E-state index in [9.17, 15) is 0 Å². The first-order chi connectivity index (χ1) is 5.74. The van der Waals surface area contributed by atoms with Crippen molar-refractivity contribution in [3.63, 3.8) is 0 Å². The molecule has 0 aromatic carbocycles. The number of rotatable bonds is 2. The van der Waals surface area contributed by atoms with Crippen LogP contribution in [0.25, 0.3) is 0 Å². The van der Waals surface area contributed by atoms with Crippen LogP contribution in [0.5, 0.6) is 0 Å². The van der Waals surface area contributed by atoms with E-state index in [4.69, 9.17) is 0 Å². The van der Waals surface area contributed by atoms with Gasteiger partial charge in [-0.2, -0.15) is 0 Å². The van der Waals surface area contributed by atoms with Gasteiger partial charge in [0.15, 0.2) is 0 Å². The molecule has 0 saturated heterocycles. The molecule has 1 aliphatic carbocycles. The molecule has 1 rings (SSSR count). The summed E-state index contributed by atoms with van der Waals surface area (Å²) in [4.78, 5) is 2.11. The highest BCUT2D eigenvalue weighted by Gasteiger charge is 1.97. The lowest BCUT2D eigenvalue weighted by molar-refractivity contribution is 0.528. The number of nitrogens with zero attached hydrogens (tertiary/aromatic N) is 1. The maximum atomic E-state index is 3.13. The van der Waals surface area contributed by atoms with Crippen LogP contribution >= 0.6 is 0 Å². The van der Waals surface area contributed by atoms with Crippen LogP contribution in [0.4, 0.5) is 0 Å². The van der Waals surface area contributed by atoms with Crippen molar-refractivity contribution in [1.29, 1.82) is 0 Å². The van der Waals surface area contributed by atoms with Crippen LogP contribution < -0.4 is 5.32 Å². The largest absolute Gasteiger partial charge is 0.388 e. The second-order valence-corrected chi connectivity index (χ2v) is 3.00. The van der Waals surface area contributed by atoms with Gasteiger partial charge in [0.25, 0.3) is 0 Å². The van der Waals surface area contributed by atoms with Gasteiger partial charge in [0.2, 0.25) is 0 Å². The molecule has 2 heteroatoms. The van der Waals surface area contributed by atoms with Gasteiger partial charge in [-0.05, 0) is 18.6 Å². The van der Waals surface area contributed by atoms with Gasteiger partial charge in [-0.3, -0.25) is 0 Å². The maximum absolute atomic E-state index is 3.13. The molecule has 1 aliphatic rings. The van der Waals surface area contributed by atoms with Gasteiger partial charge >= 0.3 is 0 Å². The molecule has 0 atom stereocenters. The van der Waals surface area contributed by atoms with Gasteiger partial charge in [-0.25, -0.2) is 0 Å². The van der Waals surface area contributed by atoms with E-state index in [2.05, 4.69) is 48.6 Å². The van der Waals surface area contributed by atoms with Crippen molar-refractivity contribution in [2.45, 2.75) is 6.42 Å². The normalized spacial score (nSPS) is 16.2. The standard InChI is InChI=1S/C10H16N2/c1-11-9-5-4-6-10(8-7-9)12(2)3/h5-8,11H,4H2,1-3H3. The molecule has 2 nitrogen and oxygen atoms in total. The summed E-state index contributed by atoms with van der Waals surface area (Å²) in [6.07, 6.45) is 9.60. The number of nitrogens with one attached hydrogen (secondary N) is 1. The van der Waals surface area contributed by atoms with Crippen molar-refractivity contribution in [1.82, 2.24) is 10.2 Å². The molecular formula is C10H16N2. The SMILES string of the molecule is CNC1=CCC=C(N(C)C)C=C1. The highest BCUT2D eigenvalue weighted by molar-refractivity contribution is 5.30. The van der Waals surface area contributed by atoms with Gasteiger partial charge in [0.05, 0.1) is 0 Å². The van der Waals surface area contributed by atoms with Gasteiger partial charge in [-0.1, -0.05) is 12.2 Å². The van der Waals surface area contributed by atoms with Crippen LogP contribution in [0.15, 0.2) is 35.7 Å². The summed E-state index contributed by atoms with van der Waals surface area (Å²) in [5, 5.41) is 3.13. The smallest absolute Gasteiger partial charge is 0.0324 e. The third-order valence-corrected chi connectivity index (χ3v) is 1.90. The molecule has 0 unspecified atom stereocenters. The summed E-state index contributed by atoms with van der Waals surface area (Å²) in [7, 11) is 6.05. The van der Waals surface area contributed by atoms with E-state index in [1.165, 1.54) is 11.4 Å². The van der Waals surface area contributed by atoms with E-state index in [-0.39, 0.29) is 0 Å². The predicted octanol–water partition coefficient (Wildman–Crippen LogP) is 1.50. The summed E-state index contributed by atoms with van der Waals surface area (Å²) < 4.78 is 0. The van der Waals surface area contributed by atoms with Crippen LogP contribution in [0, 0.1) is 0 Å². The molecule has 0 bridgehead atoms. The zero-order valence-corrected chi connectivity index (χ0v) is 7.96. The van der Waals surface area contributed by atoms with Gasteiger partial charge in [0, 0.05) is 32.5 Å². The zero-order chi connectivity index (χ0) is 8.97. The van der Waals surface area contributed by atoms with Crippen molar-refractivity contribution in [3.05, 3.63) is 35.7 Å². The molecule has 0 aromatic rings. The maximum Gasteiger partial charge on any atom is 0.0324 e. The minimum absolute atomic E-state index is 0.997. The molecule has 0 amide bonds. The second-order valence-electron chi connectivity index (χ2n) is 3.00. The van der Waals surface area contributed by atoms with Crippen molar-refractivity contribution in [2.24, 2.45) is 0 Å². The highest BCUT2D eigenvalue weighted by Crippen LogP contribution is 2.09. The molecule has 0 spiro atoms. The number of hydrogen-bond donors (Lipinski definition) is 1. The summed E-state index contributed by atoms with van der Waals surface area (Å²) in [5.41, 5.74) is 2.44. The Hall–Kier alpha value is -1.18. The lowest BCUT2D eigenvalue weighted by Crippen LogP contribution is -2.08. The van der Waals surface area contributed by atoms with E-state index >= 15 is 0 Å². The summed E-state index contributed by atoms with van der Waals surface area (Å²) in [5.74, 6) is 0. The van der Waals surface area contributed by atoms with Crippen molar-refractivity contribution >= 4 is 0 Å². The number of likely N-dealkylation sites (N-methyl/N-ethyl adjacent to an activating group) is 2. The van der Waals surface area contributed by atoms with E-state index in [0.717, 1.165) is 6.42 Å². The summed E-state index contributed by atoms with van der Waals surface area (Å²) in [6.45, 7) is 0. The van der Waals surface area contributed by atoms with Crippen LogP contribution in [0.3, 0.4) is 0 Å². The zero-order valence-electron chi connectivity index (χ0n) is 7.96. The molecule has 0 radical (unpaired) electrons. The second kappa shape index (κ2) is 4.00. The molecule has 66 valence electrons. The highest BCUT2D eigenvalue weighted by atomic mass is 15.1. The van der Waals surface area contributed by atoms with Crippen LogP contribution in [0.2, 0.25) is 0 Å². The minimum atomic E-state index is 0.997. The third kappa shape index (κ3) is 2.16. The Balaban J connectivity index is 2.71. The first-order valence-corrected chi connectivity index (χ1v) is 4.17. The first-order valence-electron chi connectivity index (χ1n) is 4.17. The third-order valence-electron chi connectivity index (χ3n) is 1.90. The summed E-state index contributed by atoms with van der Waals surface area (Å²) in [6, 6.07) is 0. The molecule has 1 N–H and O–H groups in total. The predicted molar refractivity (Wildman–Crippen MR) is 52.7 cm³/mol. The fourth-order valence-corrected chi connectivity index (χ4v) is 1.13. The molecule has 0 aliphatic heterocycles. The number of allylic oxidation sites excluding steroid dienone is 4. The fourth-order valence-electron chi connectivity index (χ4n) is 1.13. The molecule has 12 heavy (non-hydrogen) atoms. The topological polar surface area (TPSA) is 15.3 Å². The average Bonchev–Trinajstić information content (AvgIpc) is 2.28. The first kappa shape index (κ1) is 8.91. The Kier molecular flexibility index (Phi) is 2.97. The van der Waals surface area contributed by atoms with Gasteiger partial charge in [-0.15, -0.1) is 0 Å². The Morgan fingerprint density at radius 3 is 2.58 bits per heavy atom. The van der Waals surface area contributed by atoms with E-state index in [1.54, 1.807) is 0 Å². The molecule has 0 saturated carbocycles. The Morgan fingerprint density at radius 2 is 2.00 bits per heavy atom. The summed E-state index contributed by atoms with van der Waals surface area (Å²) >= 11 is 0. The van der Waals surface area contributed by atoms with Crippen LogP contribution in [-0.2, 0) is 0 Å². The fraction of sp³-hybridized carbons (Fsp3) is 0.400. The minimum Gasteiger partial charge on any atom is -0.388 e. The Bertz CT molecular complexity index is 234. The van der Waals surface area contributed by atoms with E-state index in [1.807, 2.05) is 7.05 Å². The Morgan fingerprint density at radius 1 is 1.25 bits per heavy atom. The van der Waals surface area contributed by atoms with Crippen molar-refractivity contribution in [3.8, 4) is 0 Å². The van der Waals surface area contributed by atoms with E-state index < -0.39 is 0 Å². The van der Waals surface area contributed by atoms with Gasteiger partial charge in [0.1, 0.15) is 0 Å². The van der Waals surface area contributed by atoms with Crippen molar-refractivity contribution < 1.29 is 0 Å². The molecule has 0 heterocycles. The monoisotopic (exact) mass is 164 g/mol. The molecule has 0 aromatic heterocycles.